The zero-order valence-electron chi connectivity index (χ0n) is 11.7. The van der Waals surface area contributed by atoms with E-state index in [1.807, 2.05) is 13.8 Å². The quantitative estimate of drug-likeness (QED) is 0.683. The maximum absolute atomic E-state index is 5.50. The van der Waals surface area contributed by atoms with Crippen LogP contribution in [-0.2, 0) is 19.6 Å². The van der Waals surface area contributed by atoms with Crippen molar-refractivity contribution in [3.63, 3.8) is 0 Å². The fourth-order valence-electron chi connectivity index (χ4n) is 6.67. The van der Waals surface area contributed by atoms with Crippen LogP contribution in [-0.4, -0.2) is 11.6 Å². The smallest absolute Gasteiger partial charge is 0.195 e. The van der Waals surface area contributed by atoms with Gasteiger partial charge < -0.3 is 0 Å². The van der Waals surface area contributed by atoms with Crippen LogP contribution in [0.25, 0.3) is 0 Å². The lowest BCUT2D eigenvalue weighted by molar-refractivity contribution is -0.583. The van der Waals surface area contributed by atoms with Gasteiger partial charge in [0, 0.05) is 0 Å². The van der Waals surface area contributed by atoms with E-state index < -0.39 is 11.6 Å². The van der Waals surface area contributed by atoms with Gasteiger partial charge in [0.1, 0.15) is 0 Å². The highest BCUT2D eigenvalue weighted by Gasteiger charge is 2.74. The predicted molar refractivity (Wildman–Crippen MR) is 65.2 cm³/mol. The first-order chi connectivity index (χ1) is 9.02. The lowest BCUT2D eigenvalue weighted by Gasteiger charge is -2.59. The lowest BCUT2D eigenvalue weighted by Crippen LogP contribution is -2.56. The molecule has 0 atom stereocenters. The Morgan fingerprint density at radius 1 is 0.684 bits per heavy atom. The molecule has 6 rings (SSSR count). The molecule has 19 heavy (non-hydrogen) atoms. The van der Waals surface area contributed by atoms with E-state index in [1.165, 1.54) is 38.5 Å². The predicted octanol–water partition coefficient (Wildman–Crippen LogP) is 3.18. The van der Waals surface area contributed by atoms with Crippen LogP contribution in [0.1, 0.15) is 52.4 Å². The van der Waals surface area contributed by atoms with Crippen molar-refractivity contribution in [2.24, 2.45) is 29.1 Å². The van der Waals surface area contributed by atoms with Crippen molar-refractivity contribution < 1.29 is 19.6 Å². The van der Waals surface area contributed by atoms with Gasteiger partial charge in [-0.3, -0.25) is 0 Å². The normalized spacial score (nSPS) is 66.0. The summed E-state index contributed by atoms with van der Waals surface area (Å²) in [5, 5.41) is 0. The van der Waals surface area contributed by atoms with Crippen molar-refractivity contribution in [1.29, 1.82) is 0 Å². The van der Waals surface area contributed by atoms with Gasteiger partial charge in [0.25, 0.3) is 0 Å². The molecular weight excluding hydrogens is 244 g/mol. The molecule has 0 aromatic heterocycles. The molecule has 0 N–H and O–H groups in total. The molecule has 4 aliphatic carbocycles. The SMILES string of the molecule is CC12OOC(C)(OO1)C2C12CC3CC(CC(C3)C1)C2. The Labute approximate surface area is 113 Å². The highest BCUT2D eigenvalue weighted by atomic mass is 17.4. The Morgan fingerprint density at radius 2 is 1.05 bits per heavy atom. The molecule has 4 heteroatoms. The van der Waals surface area contributed by atoms with Crippen LogP contribution in [0.2, 0.25) is 0 Å². The Balaban J connectivity index is 1.59. The monoisotopic (exact) mass is 266 g/mol. The van der Waals surface area contributed by atoms with Gasteiger partial charge >= 0.3 is 0 Å². The van der Waals surface area contributed by atoms with Gasteiger partial charge in [-0.15, -0.1) is 0 Å². The second-order valence-electron chi connectivity index (χ2n) is 8.08. The average Bonchev–Trinajstić information content (AvgIpc) is 2.74. The van der Waals surface area contributed by atoms with Gasteiger partial charge in [0.05, 0.1) is 5.92 Å². The van der Waals surface area contributed by atoms with Crippen molar-refractivity contribution >= 4 is 0 Å². The van der Waals surface area contributed by atoms with Crippen molar-refractivity contribution in [3.8, 4) is 0 Å². The molecule has 0 amide bonds. The largest absolute Gasteiger partial charge is 0.240 e. The summed E-state index contributed by atoms with van der Waals surface area (Å²) in [6.45, 7) is 3.96. The van der Waals surface area contributed by atoms with E-state index in [2.05, 4.69) is 0 Å². The van der Waals surface area contributed by atoms with Crippen molar-refractivity contribution in [2.75, 3.05) is 0 Å². The molecule has 6 fully saturated rings. The summed E-state index contributed by atoms with van der Waals surface area (Å²) in [5.41, 5.74) is 0.311. The first-order valence-corrected chi connectivity index (χ1v) is 7.75. The van der Waals surface area contributed by atoms with E-state index in [1.54, 1.807) is 0 Å². The molecule has 4 nitrogen and oxygen atoms in total. The number of fused-ring (bicyclic) bond motifs is 2. The van der Waals surface area contributed by atoms with E-state index in [0.29, 0.717) is 5.41 Å². The molecule has 6 bridgehead atoms. The van der Waals surface area contributed by atoms with E-state index in [9.17, 15) is 0 Å². The summed E-state index contributed by atoms with van der Waals surface area (Å²) in [5.74, 6) is 1.54. The average molecular weight is 266 g/mol. The van der Waals surface area contributed by atoms with Crippen LogP contribution in [0, 0.1) is 29.1 Å². The van der Waals surface area contributed by atoms with Gasteiger partial charge in [-0.05, 0) is 75.5 Å². The van der Waals surface area contributed by atoms with Crippen LogP contribution in [0.15, 0.2) is 0 Å². The summed E-state index contributed by atoms with van der Waals surface area (Å²) < 4.78 is 0. The summed E-state index contributed by atoms with van der Waals surface area (Å²) in [4.78, 5) is 22.0. The van der Waals surface area contributed by atoms with Crippen molar-refractivity contribution in [2.45, 2.75) is 63.9 Å². The first-order valence-electron chi connectivity index (χ1n) is 7.75. The molecule has 4 saturated carbocycles. The molecule has 2 aliphatic heterocycles. The maximum Gasteiger partial charge on any atom is 0.240 e. The van der Waals surface area contributed by atoms with Crippen LogP contribution in [0.3, 0.4) is 0 Å². The number of hydrogen-bond acceptors (Lipinski definition) is 4. The van der Waals surface area contributed by atoms with Crippen LogP contribution < -0.4 is 0 Å². The molecule has 6 aliphatic rings. The minimum absolute atomic E-state index is 0.209. The lowest BCUT2D eigenvalue weighted by atomic mass is 9.45. The van der Waals surface area contributed by atoms with Gasteiger partial charge in [-0.25, -0.2) is 0 Å². The topological polar surface area (TPSA) is 36.9 Å². The third-order valence-corrected chi connectivity index (χ3v) is 6.49. The number of rotatable bonds is 1. The second-order valence-corrected chi connectivity index (χ2v) is 8.08. The zero-order chi connectivity index (χ0) is 12.9. The second kappa shape index (κ2) is 3.19. The molecule has 0 radical (unpaired) electrons. The summed E-state index contributed by atoms with van der Waals surface area (Å²) in [7, 11) is 0. The van der Waals surface area contributed by atoms with Gasteiger partial charge in [0.2, 0.25) is 11.6 Å². The third-order valence-electron chi connectivity index (χ3n) is 6.49. The third kappa shape index (κ3) is 1.29. The van der Waals surface area contributed by atoms with Crippen LogP contribution in [0.5, 0.6) is 0 Å². The minimum Gasteiger partial charge on any atom is -0.195 e. The van der Waals surface area contributed by atoms with E-state index in [-0.39, 0.29) is 5.92 Å². The fourth-order valence-corrected chi connectivity index (χ4v) is 6.67. The first kappa shape index (κ1) is 11.5. The highest BCUT2D eigenvalue weighted by Crippen LogP contribution is 2.69. The molecular formula is C15H22O4. The van der Waals surface area contributed by atoms with Crippen LogP contribution in [0.4, 0.5) is 0 Å². The van der Waals surface area contributed by atoms with Crippen molar-refractivity contribution in [3.05, 3.63) is 0 Å². The van der Waals surface area contributed by atoms with Gasteiger partial charge in [-0.2, -0.15) is 19.6 Å². The Hall–Kier alpha value is -0.160. The van der Waals surface area contributed by atoms with E-state index in [0.717, 1.165) is 17.8 Å². The molecule has 0 spiro atoms. The van der Waals surface area contributed by atoms with Gasteiger partial charge in [-0.1, -0.05) is 0 Å². The maximum atomic E-state index is 5.50. The van der Waals surface area contributed by atoms with E-state index in [4.69, 9.17) is 19.6 Å². The zero-order valence-corrected chi connectivity index (χ0v) is 11.7. The highest BCUT2D eigenvalue weighted by molar-refractivity contribution is 5.10. The van der Waals surface area contributed by atoms with Crippen LogP contribution >= 0.6 is 0 Å². The molecule has 2 heterocycles. The summed E-state index contributed by atoms with van der Waals surface area (Å²) in [6.07, 6.45) is 8.28. The Bertz CT molecular complexity index is 371. The molecule has 0 aromatic carbocycles. The van der Waals surface area contributed by atoms with Crippen molar-refractivity contribution in [1.82, 2.24) is 0 Å². The molecule has 2 saturated heterocycles. The molecule has 0 unspecified atom stereocenters. The summed E-state index contributed by atoms with van der Waals surface area (Å²) >= 11 is 0. The fraction of sp³-hybridized carbons (Fsp3) is 1.00. The molecule has 106 valence electrons. The summed E-state index contributed by atoms with van der Waals surface area (Å²) in [6, 6.07) is 0. The Morgan fingerprint density at radius 3 is 1.42 bits per heavy atom. The Kier molecular flexibility index (Phi) is 1.93. The van der Waals surface area contributed by atoms with E-state index >= 15 is 0 Å². The molecule has 0 aromatic rings. The number of hydrogen-bond donors (Lipinski definition) is 0. The van der Waals surface area contributed by atoms with Gasteiger partial charge in [0.15, 0.2) is 0 Å². The standard InChI is InChI=1S/C15H22O4/c1-13-12(14(2,18-16-13)19-17-13)15-6-9-3-10(7-15)5-11(4-9)8-15/h9-12H,3-8H2,1-2H3. The minimum atomic E-state index is -0.708.